The number of nitrogens with one attached hydrogen (secondary N) is 1. The minimum atomic E-state index is -0.268. The zero-order chi connectivity index (χ0) is 20.4. The molecular weight excluding hydrogens is 366 g/mol. The summed E-state index contributed by atoms with van der Waals surface area (Å²) >= 11 is 0. The van der Waals surface area contributed by atoms with Crippen LogP contribution < -0.4 is 10.1 Å². The van der Waals surface area contributed by atoms with E-state index >= 15 is 0 Å². The number of hydrogen-bond donors (Lipinski definition) is 1. The van der Waals surface area contributed by atoms with Crippen LogP contribution in [0.15, 0.2) is 61.3 Å². The Bertz CT molecular complexity index is 1180. The number of nitrogens with zero attached hydrogens (tertiary/aromatic N) is 4. The third kappa shape index (κ3) is 4.08. The molecule has 0 aliphatic rings. The number of fused-ring (bicyclic) bond motifs is 1. The summed E-state index contributed by atoms with van der Waals surface area (Å²) in [5.74, 6) is 0.628. The van der Waals surface area contributed by atoms with Crippen molar-refractivity contribution in [3.8, 4) is 17.1 Å². The highest BCUT2D eigenvalue weighted by Crippen LogP contribution is 2.25. The van der Waals surface area contributed by atoms with Gasteiger partial charge in [-0.05, 0) is 37.4 Å². The average molecular weight is 387 g/mol. The SMILES string of the molecule is CC(C)Oc1cc(C(=O)Nc2cc3cc(-c4cncn4C)ccc3cn2)ccn1. The molecule has 0 saturated heterocycles. The number of aromatic nitrogens is 4. The van der Waals surface area contributed by atoms with Crippen molar-refractivity contribution in [2.75, 3.05) is 5.32 Å². The number of anilines is 1. The first-order valence-corrected chi connectivity index (χ1v) is 9.30. The third-order valence-corrected chi connectivity index (χ3v) is 4.43. The number of aryl methyl sites for hydroxylation is 1. The van der Waals surface area contributed by atoms with Crippen molar-refractivity contribution in [2.24, 2.45) is 7.05 Å². The molecular formula is C22H21N5O2. The maximum absolute atomic E-state index is 12.6. The van der Waals surface area contributed by atoms with Crippen molar-refractivity contribution in [1.82, 2.24) is 19.5 Å². The molecule has 7 nitrogen and oxygen atoms in total. The minimum absolute atomic E-state index is 0.0170. The molecule has 0 spiro atoms. The quantitative estimate of drug-likeness (QED) is 0.558. The Labute approximate surface area is 168 Å². The molecule has 0 aliphatic heterocycles. The van der Waals surface area contributed by atoms with E-state index in [-0.39, 0.29) is 12.0 Å². The van der Waals surface area contributed by atoms with Crippen molar-refractivity contribution in [1.29, 1.82) is 0 Å². The minimum Gasteiger partial charge on any atom is -0.475 e. The van der Waals surface area contributed by atoms with Gasteiger partial charge in [0, 0.05) is 42.0 Å². The van der Waals surface area contributed by atoms with E-state index in [1.54, 1.807) is 30.9 Å². The van der Waals surface area contributed by atoms with Crippen LogP contribution in [0.25, 0.3) is 22.0 Å². The van der Waals surface area contributed by atoms with E-state index in [9.17, 15) is 4.79 Å². The molecule has 1 aromatic carbocycles. The van der Waals surface area contributed by atoms with E-state index in [4.69, 9.17) is 4.74 Å². The van der Waals surface area contributed by atoms with Gasteiger partial charge in [0.05, 0.1) is 24.3 Å². The topological polar surface area (TPSA) is 81.9 Å². The summed E-state index contributed by atoms with van der Waals surface area (Å²) < 4.78 is 7.52. The Morgan fingerprint density at radius 3 is 2.69 bits per heavy atom. The molecule has 1 amide bonds. The fourth-order valence-electron chi connectivity index (χ4n) is 3.05. The van der Waals surface area contributed by atoms with Gasteiger partial charge in [-0.15, -0.1) is 0 Å². The second kappa shape index (κ2) is 7.71. The van der Waals surface area contributed by atoms with E-state index in [1.807, 2.05) is 49.9 Å². The average Bonchev–Trinajstić information content (AvgIpc) is 3.13. The molecule has 4 aromatic rings. The lowest BCUT2D eigenvalue weighted by Gasteiger charge is -2.10. The largest absolute Gasteiger partial charge is 0.475 e. The molecule has 0 bridgehead atoms. The molecule has 0 fully saturated rings. The number of carbonyl (C=O) groups excluding carboxylic acids is 1. The highest BCUT2D eigenvalue weighted by atomic mass is 16.5. The van der Waals surface area contributed by atoms with Gasteiger partial charge in [-0.25, -0.2) is 15.0 Å². The first-order valence-electron chi connectivity index (χ1n) is 9.30. The zero-order valence-electron chi connectivity index (χ0n) is 16.5. The molecule has 0 aliphatic carbocycles. The second-order valence-corrected chi connectivity index (χ2v) is 7.02. The zero-order valence-corrected chi connectivity index (χ0v) is 16.5. The number of benzene rings is 1. The Balaban J connectivity index is 1.59. The van der Waals surface area contributed by atoms with Crippen LogP contribution in [0.5, 0.6) is 5.88 Å². The Morgan fingerprint density at radius 1 is 1.07 bits per heavy atom. The van der Waals surface area contributed by atoms with Crippen LogP contribution in [-0.4, -0.2) is 31.5 Å². The standard InChI is InChI=1S/C22H21N5O2/c1-14(2)29-21-10-16(6-7-24-21)22(28)26-20-9-18-8-15(4-5-17(18)11-25-20)19-12-23-13-27(19)3/h4-14H,1-3H3,(H,25,26,28). The van der Waals surface area contributed by atoms with Gasteiger partial charge >= 0.3 is 0 Å². The molecule has 0 radical (unpaired) electrons. The van der Waals surface area contributed by atoms with Crippen molar-refractivity contribution in [2.45, 2.75) is 20.0 Å². The van der Waals surface area contributed by atoms with E-state index in [0.29, 0.717) is 17.3 Å². The third-order valence-electron chi connectivity index (χ3n) is 4.43. The number of amides is 1. The maximum Gasteiger partial charge on any atom is 0.257 e. The normalized spacial score (nSPS) is 11.0. The molecule has 3 aromatic heterocycles. The van der Waals surface area contributed by atoms with Gasteiger partial charge in [-0.3, -0.25) is 4.79 Å². The van der Waals surface area contributed by atoms with Crippen molar-refractivity contribution < 1.29 is 9.53 Å². The number of hydrogen-bond acceptors (Lipinski definition) is 5. The highest BCUT2D eigenvalue weighted by molar-refractivity contribution is 6.04. The van der Waals surface area contributed by atoms with Gasteiger partial charge in [0.25, 0.3) is 5.91 Å². The summed E-state index contributed by atoms with van der Waals surface area (Å²) in [7, 11) is 1.96. The van der Waals surface area contributed by atoms with Crippen molar-refractivity contribution in [3.63, 3.8) is 0 Å². The molecule has 3 heterocycles. The van der Waals surface area contributed by atoms with E-state index in [2.05, 4.69) is 26.3 Å². The van der Waals surface area contributed by atoms with Crippen LogP contribution in [0.1, 0.15) is 24.2 Å². The fraction of sp³-hybridized carbons (Fsp3) is 0.182. The summed E-state index contributed by atoms with van der Waals surface area (Å²) in [6, 6.07) is 11.2. The lowest BCUT2D eigenvalue weighted by Crippen LogP contribution is -2.14. The molecule has 0 atom stereocenters. The lowest BCUT2D eigenvalue weighted by atomic mass is 10.1. The summed E-state index contributed by atoms with van der Waals surface area (Å²) in [6.45, 7) is 3.82. The first kappa shape index (κ1) is 18.6. The van der Waals surface area contributed by atoms with E-state index in [1.165, 1.54) is 0 Å². The number of pyridine rings is 2. The summed E-state index contributed by atoms with van der Waals surface area (Å²) in [6.07, 6.45) is 6.88. The van der Waals surface area contributed by atoms with Gasteiger partial charge in [0.15, 0.2) is 0 Å². The molecule has 29 heavy (non-hydrogen) atoms. The predicted octanol–water partition coefficient (Wildman–Crippen LogP) is 4.07. The van der Waals surface area contributed by atoms with Crippen LogP contribution >= 0.6 is 0 Å². The van der Waals surface area contributed by atoms with Gasteiger partial charge in [-0.2, -0.15) is 0 Å². The number of carbonyl (C=O) groups is 1. The predicted molar refractivity (Wildman–Crippen MR) is 112 cm³/mol. The Kier molecular flexibility index (Phi) is 4.95. The fourth-order valence-corrected chi connectivity index (χ4v) is 3.05. The number of ether oxygens (including phenoxy) is 1. The van der Waals surface area contributed by atoms with Crippen molar-refractivity contribution >= 4 is 22.5 Å². The Morgan fingerprint density at radius 2 is 1.93 bits per heavy atom. The van der Waals surface area contributed by atoms with E-state index in [0.717, 1.165) is 22.0 Å². The molecule has 0 saturated carbocycles. The van der Waals surface area contributed by atoms with Gasteiger partial charge in [0.2, 0.25) is 5.88 Å². The molecule has 1 N–H and O–H groups in total. The van der Waals surface area contributed by atoms with Crippen LogP contribution in [-0.2, 0) is 7.05 Å². The first-order chi connectivity index (χ1) is 14.0. The highest BCUT2D eigenvalue weighted by Gasteiger charge is 2.11. The summed E-state index contributed by atoms with van der Waals surface area (Å²) in [4.78, 5) is 25.3. The van der Waals surface area contributed by atoms with Gasteiger partial charge < -0.3 is 14.6 Å². The molecule has 0 unspecified atom stereocenters. The number of imidazole rings is 1. The molecule has 146 valence electrons. The Hall–Kier alpha value is -3.74. The second-order valence-electron chi connectivity index (χ2n) is 7.02. The van der Waals surface area contributed by atoms with Crippen LogP contribution in [0.3, 0.4) is 0 Å². The van der Waals surface area contributed by atoms with Crippen LogP contribution in [0.4, 0.5) is 5.82 Å². The van der Waals surface area contributed by atoms with Crippen molar-refractivity contribution in [3.05, 3.63) is 66.9 Å². The van der Waals surface area contributed by atoms with Crippen LogP contribution in [0, 0.1) is 0 Å². The maximum atomic E-state index is 12.6. The lowest BCUT2D eigenvalue weighted by molar-refractivity contribution is 0.102. The monoisotopic (exact) mass is 387 g/mol. The molecule has 7 heteroatoms. The smallest absolute Gasteiger partial charge is 0.257 e. The van der Waals surface area contributed by atoms with Crippen LogP contribution in [0.2, 0.25) is 0 Å². The van der Waals surface area contributed by atoms with E-state index < -0.39 is 0 Å². The molecule has 4 rings (SSSR count). The summed E-state index contributed by atoms with van der Waals surface area (Å²) in [5, 5.41) is 4.82. The van der Waals surface area contributed by atoms with Gasteiger partial charge in [-0.1, -0.05) is 12.1 Å². The number of rotatable bonds is 5. The van der Waals surface area contributed by atoms with Gasteiger partial charge in [0.1, 0.15) is 5.82 Å². The summed E-state index contributed by atoms with van der Waals surface area (Å²) in [5.41, 5.74) is 2.52.